The molecule has 0 amide bonds. The Hall–Kier alpha value is -0.940. The molecule has 0 aliphatic carbocycles. The van der Waals surface area contributed by atoms with Gasteiger partial charge in [-0.2, -0.15) is 4.98 Å². The summed E-state index contributed by atoms with van der Waals surface area (Å²) in [7, 11) is 0. The van der Waals surface area contributed by atoms with Crippen LogP contribution < -0.4 is 5.32 Å². The van der Waals surface area contributed by atoms with Crippen LogP contribution in [0.5, 0.6) is 0 Å². The lowest BCUT2D eigenvalue weighted by atomic mass is 10.4. The lowest BCUT2D eigenvalue weighted by Gasteiger charge is -2.02. The molecular formula is C7H13N3O2. The SMILES string of the molecule is Cc1noc(CNCC(C)O)n1. The standard InChI is InChI=1S/C7H13N3O2/c1-5(11)3-8-4-7-9-6(2)10-12-7/h5,8,11H,3-4H2,1-2H3. The molecule has 5 heteroatoms. The summed E-state index contributed by atoms with van der Waals surface area (Å²) in [5.74, 6) is 1.18. The molecule has 1 aromatic heterocycles. The third kappa shape index (κ3) is 2.98. The van der Waals surface area contributed by atoms with Crippen molar-refractivity contribution in [2.75, 3.05) is 6.54 Å². The van der Waals surface area contributed by atoms with Crippen LogP contribution in [0.15, 0.2) is 4.52 Å². The number of rotatable bonds is 4. The van der Waals surface area contributed by atoms with Crippen molar-refractivity contribution in [2.24, 2.45) is 0 Å². The van der Waals surface area contributed by atoms with Crippen molar-refractivity contribution in [3.05, 3.63) is 11.7 Å². The highest BCUT2D eigenvalue weighted by molar-refractivity contribution is 4.81. The zero-order valence-corrected chi connectivity index (χ0v) is 7.24. The van der Waals surface area contributed by atoms with Gasteiger partial charge in [0.2, 0.25) is 5.89 Å². The average molecular weight is 171 g/mol. The second-order valence-electron chi connectivity index (χ2n) is 2.72. The van der Waals surface area contributed by atoms with Crippen molar-refractivity contribution in [1.82, 2.24) is 15.5 Å². The summed E-state index contributed by atoms with van der Waals surface area (Å²) in [5, 5.41) is 15.5. The molecule has 0 spiro atoms. The molecule has 1 aromatic rings. The predicted molar refractivity (Wildman–Crippen MR) is 42.4 cm³/mol. The van der Waals surface area contributed by atoms with Crippen molar-refractivity contribution in [3.63, 3.8) is 0 Å². The molecule has 1 rings (SSSR count). The van der Waals surface area contributed by atoms with Crippen molar-refractivity contribution in [2.45, 2.75) is 26.5 Å². The Morgan fingerprint density at radius 3 is 2.92 bits per heavy atom. The molecule has 0 aliphatic heterocycles. The highest BCUT2D eigenvalue weighted by Crippen LogP contribution is 1.94. The second-order valence-corrected chi connectivity index (χ2v) is 2.72. The van der Waals surface area contributed by atoms with Crippen LogP contribution in [0.2, 0.25) is 0 Å². The first-order valence-corrected chi connectivity index (χ1v) is 3.86. The highest BCUT2D eigenvalue weighted by atomic mass is 16.5. The van der Waals surface area contributed by atoms with Crippen LogP contribution in [0.1, 0.15) is 18.6 Å². The van der Waals surface area contributed by atoms with E-state index in [9.17, 15) is 0 Å². The average Bonchev–Trinajstić information content (AvgIpc) is 2.35. The van der Waals surface area contributed by atoms with Gasteiger partial charge in [-0.05, 0) is 13.8 Å². The molecule has 1 heterocycles. The first-order chi connectivity index (χ1) is 5.68. The van der Waals surface area contributed by atoms with E-state index in [1.54, 1.807) is 13.8 Å². The zero-order chi connectivity index (χ0) is 8.97. The van der Waals surface area contributed by atoms with Gasteiger partial charge in [-0.25, -0.2) is 0 Å². The number of aromatic nitrogens is 2. The molecule has 0 bridgehead atoms. The first-order valence-electron chi connectivity index (χ1n) is 3.86. The lowest BCUT2D eigenvalue weighted by Crippen LogP contribution is -2.23. The Morgan fingerprint density at radius 1 is 1.67 bits per heavy atom. The van der Waals surface area contributed by atoms with Crippen LogP contribution in [0.4, 0.5) is 0 Å². The fraction of sp³-hybridized carbons (Fsp3) is 0.714. The van der Waals surface area contributed by atoms with Gasteiger partial charge < -0.3 is 14.9 Å². The molecule has 0 saturated heterocycles. The summed E-state index contributed by atoms with van der Waals surface area (Å²) in [4.78, 5) is 3.99. The number of nitrogens with zero attached hydrogens (tertiary/aromatic N) is 2. The number of hydrogen-bond donors (Lipinski definition) is 2. The maximum absolute atomic E-state index is 8.91. The van der Waals surface area contributed by atoms with Crippen molar-refractivity contribution in [1.29, 1.82) is 0 Å². The van der Waals surface area contributed by atoms with Gasteiger partial charge in [-0.3, -0.25) is 0 Å². The van der Waals surface area contributed by atoms with Gasteiger partial charge in [0.15, 0.2) is 5.82 Å². The van der Waals surface area contributed by atoms with Gasteiger partial charge in [0, 0.05) is 6.54 Å². The monoisotopic (exact) mass is 171 g/mol. The lowest BCUT2D eigenvalue weighted by molar-refractivity contribution is 0.189. The summed E-state index contributed by atoms with van der Waals surface area (Å²) >= 11 is 0. The molecule has 0 aromatic carbocycles. The molecule has 5 nitrogen and oxygen atoms in total. The van der Waals surface area contributed by atoms with Crippen LogP contribution in [0, 0.1) is 6.92 Å². The summed E-state index contributed by atoms with van der Waals surface area (Å²) in [6.45, 7) is 4.51. The topological polar surface area (TPSA) is 71.2 Å². The van der Waals surface area contributed by atoms with Crippen LogP contribution in [0.25, 0.3) is 0 Å². The summed E-state index contributed by atoms with van der Waals surface area (Å²) in [5.41, 5.74) is 0. The summed E-state index contributed by atoms with van der Waals surface area (Å²) < 4.78 is 4.84. The Labute approximate surface area is 70.8 Å². The number of aliphatic hydroxyl groups is 1. The number of aliphatic hydroxyl groups excluding tert-OH is 1. The van der Waals surface area contributed by atoms with Crippen LogP contribution in [-0.2, 0) is 6.54 Å². The van der Waals surface area contributed by atoms with Crippen LogP contribution >= 0.6 is 0 Å². The number of aryl methyl sites for hydroxylation is 1. The van der Waals surface area contributed by atoms with E-state index in [0.29, 0.717) is 24.8 Å². The third-order valence-corrected chi connectivity index (χ3v) is 1.29. The fourth-order valence-corrected chi connectivity index (χ4v) is 0.800. The van der Waals surface area contributed by atoms with E-state index in [2.05, 4.69) is 15.5 Å². The molecule has 68 valence electrons. The van der Waals surface area contributed by atoms with Gasteiger partial charge in [0.25, 0.3) is 0 Å². The van der Waals surface area contributed by atoms with Crippen LogP contribution in [0.3, 0.4) is 0 Å². The van der Waals surface area contributed by atoms with E-state index in [4.69, 9.17) is 9.63 Å². The normalized spacial score (nSPS) is 13.2. The van der Waals surface area contributed by atoms with Gasteiger partial charge in [-0.1, -0.05) is 5.16 Å². The van der Waals surface area contributed by atoms with E-state index in [1.807, 2.05) is 0 Å². The minimum absolute atomic E-state index is 0.353. The summed E-state index contributed by atoms with van der Waals surface area (Å²) in [6, 6.07) is 0. The van der Waals surface area contributed by atoms with Gasteiger partial charge >= 0.3 is 0 Å². The molecule has 0 saturated carbocycles. The molecule has 1 unspecified atom stereocenters. The Kier molecular flexibility index (Phi) is 3.19. The highest BCUT2D eigenvalue weighted by Gasteiger charge is 2.01. The fourth-order valence-electron chi connectivity index (χ4n) is 0.800. The quantitative estimate of drug-likeness (QED) is 0.659. The molecule has 0 fully saturated rings. The Morgan fingerprint density at radius 2 is 2.42 bits per heavy atom. The summed E-state index contributed by atoms with van der Waals surface area (Å²) in [6.07, 6.45) is -0.353. The van der Waals surface area contributed by atoms with Gasteiger partial charge in [0.05, 0.1) is 12.6 Å². The van der Waals surface area contributed by atoms with E-state index in [0.717, 1.165) is 0 Å². The molecule has 0 aliphatic rings. The molecule has 12 heavy (non-hydrogen) atoms. The third-order valence-electron chi connectivity index (χ3n) is 1.29. The predicted octanol–water partition coefficient (Wildman–Crippen LogP) is -0.152. The first kappa shape index (κ1) is 9.15. The maximum atomic E-state index is 8.91. The van der Waals surface area contributed by atoms with Crippen molar-refractivity contribution in [3.8, 4) is 0 Å². The largest absolute Gasteiger partial charge is 0.392 e. The van der Waals surface area contributed by atoms with E-state index >= 15 is 0 Å². The van der Waals surface area contributed by atoms with E-state index < -0.39 is 0 Å². The van der Waals surface area contributed by atoms with E-state index in [1.165, 1.54) is 0 Å². The molecule has 2 N–H and O–H groups in total. The van der Waals surface area contributed by atoms with Crippen molar-refractivity contribution < 1.29 is 9.63 Å². The molecular weight excluding hydrogens is 158 g/mol. The minimum atomic E-state index is -0.353. The maximum Gasteiger partial charge on any atom is 0.240 e. The minimum Gasteiger partial charge on any atom is -0.392 e. The molecule has 1 atom stereocenters. The van der Waals surface area contributed by atoms with Crippen LogP contribution in [-0.4, -0.2) is 27.9 Å². The van der Waals surface area contributed by atoms with E-state index in [-0.39, 0.29) is 6.10 Å². The van der Waals surface area contributed by atoms with Crippen molar-refractivity contribution >= 4 is 0 Å². The molecule has 0 radical (unpaired) electrons. The number of hydrogen-bond acceptors (Lipinski definition) is 5. The zero-order valence-electron chi connectivity index (χ0n) is 7.24. The van der Waals surface area contributed by atoms with Gasteiger partial charge in [0.1, 0.15) is 0 Å². The number of nitrogens with one attached hydrogen (secondary N) is 1. The smallest absolute Gasteiger partial charge is 0.240 e. The Bertz CT molecular complexity index is 234. The Balaban J connectivity index is 2.24. The second kappa shape index (κ2) is 4.18. The van der Waals surface area contributed by atoms with Gasteiger partial charge in [-0.15, -0.1) is 0 Å².